The highest BCUT2D eigenvalue weighted by molar-refractivity contribution is 5.31. The van der Waals surface area contributed by atoms with E-state index in [1.165, 1.54) is 0 Å². The Balaban J connectivity index is 2.26. The first-order valence-electron chi connectivity index (χ1n) is 5.72. The Morgan fingerprint density at radius 1 is 1.25 bits per heavy atom. The fourth-order valence-corrected chi connectivity index (χ4v) is 2.35. The second-order valence-corrected chi connectivity index (χ2v) is 4.41. The molecule has 1 aliphatic carbocycles. The third-order valence-corrected chi connectivity index (χ3v) is 3.43. The topological polar surface area (TPSA) is 49.7 Å². The lowest BCUT2D eigenvalue weighted by molar-refractivity contribution is -0.106. The summed E-state index contributed by atoms with van der Waals surface area (Å²) in [6.45, 7) is 0. The quantitative estimate of drug-likeness (QED) is 0.802. The zero-order valence-corrected chi connectivity index (χ0v) is 9.52. The minimum atomic E-state index is -1.08. The van der Waals surface area contributed by atoms with E-state index in [4.69, 9.17) is 4.74 Å². The number of ether oxygens (including phenoxy) is 1. The summed E-state index contributed by atoms with van der Waals surface area (Å²) in [6, 6.07) is 7.28. The fourth-order valence-electron chi connectivity index (χ4n) is 2.35. The standard InChI is InChI=1S/C13H18O3/c1-16-11-7-5-10(6-8-11)13(15)9-3-2-4-12(13)14/h5-8,12,14-15H,2-4,9H2,1H3/t12-,13-/m1/s1. The van der Waals surface area contributed by atoms with E-state index in [0.717, 1.165) is 24.2 Å². The smallest absolute Gasteiger partial charge is 0.118 e. The van der Waals surface area contributed by atoms with Crippen LogP contribution in [0.15, 0.2) is 24.3 Å². The predicted octanol–water partition coefficient (Wildman–Crippen LogP) is 1.82. The molecule has 0 aliphatic heterocycles. The van der Waals surface area contributed by atoms with Gasteiger partial charge in [0.15, 0.2) is 0 Å². The second kappa shape index (κ2) is 4.44. The first kappa shape index (κ1) is 11.4. The van der Waals surface area contributed by atoms with E-state index in [-0.39, 0.29) is 0 Å². The molecule has 0 radical (unpaired) electrons. The number of rotatable bonds is 2. The van der Waals surface area contributed by atoms with Crippen molar-refractivity contribution in [3.8, 4) is 5.75 Å². The fraction of sp³-hybridized carbons (Fsp3) is 0.538. The van der Waals surface area contributed by atoms with Crippen molar-refractivity contribution in [1.29, 1.82) is 0 Å². The molecule has 1 saturated carbocycles. The van der Waals surface area contributed by atoms with Crippen LogP contribution in [-0.4, -0.2) is 23.4 Å². The molecule has 0 amide bonds. The molecule has 1 aromatic carbocycles. The molecule has 3 heteroatoms. The normalized spacial score (nSPS) is 30.1. The SMILES string of the molecule is COc1ccc([C@]2(O)CCCC[C@H]2O)cc1. The molecule has 1 aromatic rings. The average molecular weight is 222 g/mol. The maximum atomic E-state index is 10.5. The molecule has 3 nitrogen and oxygen atoms in total. The largest absolute Gasteiger partial charge is 0.497 e. The Morgan fingerprint density at radius 2 is 1.94 bits per heavy atom. The van der Waals surface area contributed by atoms with Crippen molar-refractivity contribution in [2.24, 2.45) is 0 Å². The summed E-state index contributed by atoms with van der Waals surface area (Å²) >= 11 is 0. The maximum absolute atomic E-state index is 10.5. The number of hydrogen-bond donors (Lipinski definition) is 2. The number of aliphatic hydroxyl groups is 2. The summed E-state index contributed by atoms with van der Waals surface area (Å²) in [5.74, 6) is 0.762. The van der Waals surface area contributed by atoms with Crippen molar-refractivity contribution in [2.75, 3.05) is 7.11 Å². The molecular formula is C13H18O3. The molecule has 1 aliphatic rings. The van der Waals surface area contributed by atoms with Gasteiger partial charge in [-0.25, -0.2) is 0 Å². The van der Waals surface area contributed by atoms with Gasteiger partial charge in [-0.05, 0) is 30.5 Å². The zero-order valence-electron chi connectivity index (χ0n) is 9.52. The van der Waals surface area contributed by atoms with E-state index in [9.17, 15) is 10.2 Å². The van der Waals surface area contributed by atoms with Crippen LogP contribution in [-0.2, 0) is 5.60 Å². The summed E-state index contributed by atoms with van der Waals surface area (Å²) in [7, 11) is 1.61. The summed E-state index contributed by atoms with van der Waals surface area (Å²) in [4.78, 5) is 0. The van der Waals surface area contributed by atoms with Crippen LogP contribution in [0.5, 0.6) is 5.75 Å². The van der Waals surface area contributed by atoms with Gasteiger partial charge in [-0.2, -0.15) is 0 Å². The second-order valence-electron chi connectivity index (χ2n) is 4.41. The average Bonchev–Trinajstić information content (AvgIpc) is 2.33. The van der Waals surface area contributed by atoms with E-state index < -0.39 is 11.7 Å². The summed E-state index contributed by atoms with van der Waals surface area (Å²) in [5.41, 5.74) is -0.301. The molecule has 1 fully saturated rings. The van der Waals surface area contributed by atoms with Gasteiger partial charge in [0.2, 0.25) is 0 Å². The monoisotopic (exact) mass is 222 g/mol. The van der Waals surface area contributed by atoms with Crippen LogP contribution in [0.25, 0.3) is 0 Å². The summed E-state index contributed by atoms with van der Waals surface area (Å²) in [6.07, 6.45) is 2.58. The van der Waals surface area contributed by atoms with Crippen molar-refractivity contribution in [1.82, 2.24) is 0 Å². The van der Waals surface area contributed by atoms with Gasteiger partial charge in [0.05, 0.1) is 13.2 Å². The maximum Gasteiger partial charge on any atom is 0.118 e. The van der Waals surface area contributed by atoms with Gasteiger partial charge in [-0.15, -0.1) is 0 Å². The van der Waals surface area contributed by atoms with E-state index in [0.29, 0.717) is 12.8 Å². The number of benzene rings is 1. The van der Waals surface area contributed by atoms with Crippen LogP contribution in [0.3, 0.4) is 0 Å². The molecule has 2 rings (SSSR count). The van der Waals surface area contributed by atoms with Gasteiger partial charge in [-0.1, -0.05) is 25.0 Å². The van der Waals surface area contributed by atoms with Crippen LogP contribution in [0, 0.1) is 0 Å². The van der Waals surface area contributed by atoms with Gasteiger partial charge in [0, 0.05) is 0 Å². The van der Waals surface area contributed by atoms with E-state index in [2.05, 4.69) is 0 Å². The molecular weight excluding hydrogens is 204 g/mol. The lowest BCUT2D eigenvalue weighted by Gasteiger charge is -2.37. The number of methoxy groups -OCH3 is 1. The summed E-state index contributed by atoms with van der Waals surface area (Å²) in [5, 5.41) is 20.4. The highest BCUT2D eigenvalue weighted by atomic mass is 16.5. The van der Waals surface area contributed by atoms with Gasteiger partial charge in [0.25, 0.3) is 0 Å². The Labute approximate surface area is 95.7 Å². The minimum Gasteiger partial charge on any atom is -0.497 e. The third-order valence-electron chi connectivity index (χ3n) is 3.43. The Kier molecular flexibility index (Phi) is 3.17. The van der Waals surface area contributed by atoms with Crippen molar-refractivity contribution in [3.05, 3.63) is 29.8 Å². The lowest BCUT2D eigenvalue weighted by atomic mass is 9.77. The molecule has 2 N–H and O–H groups in total. The van der Waals surface area contributed by atoms with Crippen LogP contribution in [0.2, 0.25) is 0 Å². The van der Waals surface area contributed by atoms with Crippen LogP contribution in [0.1, 0.15) is 31.2 Å². The van der Waals surface area contributed by atoms with Gasteiger partial charge in [0.1, 0.15) is 11.4 Å². The van der Waals surface area contributed by atoms with Crippen molar-refractivity contribution < 1.29 is 14.9 Å². The first-order chi connectivity index (χ1) is 7.66. The van der Waals surface area contributed by atoms with E-state index in [1.807, 2.05) is 24.3 Å². The molecule has 2 atom stereocenters. The molecule has 0 saturated heterocycles. The van der Waals surface area contributed by atoms with Crippen molar-refractivity contribution in [3.63, 3.8) is 0 Å². The predicted molar refractivity (Wildman–Crippen MR) is 61.4 cm³/mol. The van der Waals surface area contributed by atoms with Crippen molar-refractivity contribution >= 4 is 0 Å². The number of aliphatic hydroxyl groups excluding tert-OH is 1. The number of hydrogen-bond acceptors (Lipinski definition) is 3. The third kappa shape index (κ3) is 1.93. The molecule has 0 bridgehead atoms. The van der Waals surface area contributed by atoms with Gasteiger partial charge < -0.3 is 14.9 Å². The van der Waals surface area contributed by atoms with E-state index >= 15 is 0 Å². The highest BCUT2D eigenvalue weighted by Crippen LogP contribution is 2.37. The Bertz CT molecular complexity index is 347. The summed E-state index contributed by atoms with van der Waals surface area (Å²) < 4.78 is 5.07. The van der Waals surface area contributed by atoms with Crippen molar-refractivity contribution in [2.45, 2.75) is 37.4 Å². The van der Waals surface area contributed by atoms with Crippen LogP contribution < -0.4 is 4.74 Å². The minimum absolute atomic E-state index is 0.625. The van der Waals surface area contributed by atoms with Crippen LogP contribution >= 0.6 is 0 Å². The molecule has 16 heavy (non-hydrogen) atoms. The molecule has 0 spiro atoms. The Hall–Kier alpha value is -1.06. The molecule has 0 heterocycles. The first-order valence-corrected chi connectivity index (χ1v) is 5.72. The lowest BCUT2D eigenvalue weighted by Crippen LogP contribution is -2.42. The molecule has 88 valence electrons. The molecule has 0 unspecified atom stereocenters. The Morgan fingerprint density at radius 3 is 2.50 bits per heavy atom. The van der Waals surface area contributed by atoms with Crippen LogP contribution in [0.4, 0.5) is 0 Å². The van der Waals surface area contributed by atoms with E-state index in [1.54, 1.807) is 7.11 Å². The van der Waals surface area contributed by atoms with Gasteiger partial charge in [-0.3, -0.25) is 0 Å². The zero-order chi connectivity index (χ0) is 11.6. The molecule has 0 aromatic heterocycles. The highest BCUT2D eigenvalue weighted by Gasteiger charge is 2.39. The van der Waals surface area contributed by atoms with Gasteiger partial charge >= 0.3 is 0 Å².